The van der Waals surface area contributed by atoms with Gasteiger partial charge in [0.15, 0.2) is 0 Å². The molecule has 4 nitrogen and oxygen atoms in total. The summed E-state index contributed by atoms with van der Waals surface area (Å²) in [5.41, 5.74) is 0. The summed E-state index contributed by atoms with van der Waals surface area (Å²) >= 11 is 0. The van der Waals surface area contributed by atoms with Crippen molar-refractivity contribution >= 4 is 8.80 Å². The third-order valence-electron chi connectivity index (χ3n) is 2.21. The average molecular weight is 262 g/mol. The van der Waals surface area contributed by atoms with Crippen molar-refractivity contribution in [2.75, 3.05) is 26.4 Å². The topological polar surface area (TPSA) is 36.9 Å². The molecular weight excluding hydrogens is 236 g/mol. The van der Waals surface area contributed by atoms with Crippen LogP contribution in [0.5, 0.6) is 0 Å². The predicted octanol–water partition coefficient (Wildman–Crippen LogP) is 2.98. The van der Waals surface area contributed by atoms with E-state index in [0.717, 1.165) is 18.9 Å². The van der Waals surface area contributed by atoms with Crippen LogP contribution < -0.4 is 0 Å². The molecule has 0 heterocycles. The van der Waals surface area contributed by atoms with Gasteiger partial charge in [0, 0.05) is 25.9 Å². The first-order chi connectivity index (χ1) is 8.24. The smallest absolute Gasteiger partial charge is 0.500 e. The van der Waals surface area contributed by atoms with E-state index in [9.17, 15) is 0 Å². The Bertz CT molecular complexity index is 170. The first-order valence-electron chi connectivity index (χ1n) is 6.39. The highest BCUT2D eigenvalue weighted by Crippen LogP contribution is 2.19. The summed E-state index contributed by atoms with van der Waals surface area (Å²) in [6.07, 6.45) is 3.42. The molecule has 102 valence electrons. The zero-order chi connectivity index (χ0) is 13.0. The number of rotatable bonds is 12. The normalized spacial score (nSPS) is 11.5. The highest BCUT2D eigenvalue weighted by Gasteiger charge is 2.39. The van der Waals surface area contributed by atoms with E-state index in [1.54, 1.807) is 0 Å². The van der Waals surface area contributed by atoms with E-state index < -0.39 is 8.80 Å². The molecule has 0 aliphatic rings. The summed E-state index contributed by atoms with van der Waals surface area (Å²) in [7, 11) is -2.44. The monoisotopic (exact) mass is 262 g/mol. The van der Waals surface area contributed by atoms with Crippen molar-refractivity contribution in [3.05, 3.63) is 12.8 Å². The van der Waals surface area contributed by atoms with Gasteiger partial charge in [0.05, 0.1) is 12.9 Å². The van der Waals surface area contributed by atoms with E-state index in [0.29, 0.717) is 26.4 Å². The lowest BCUT2D eigenvalue weighted by molar-refractivity contribution is 0.0702. The van der Waals surface area contributed by atoms with Gasteiger partial charge in [0.25, 0.3) is 0 Å². The summed E-state index contributed by atoms with van der Waals surface area (Å²) in [5.74, 6) is 0. The molecule has 0 saturated carbocycles. The molecule has 0 N–H and O–H groups in total. The lowest BCUT2D eigenvalue weighted by atomic mass is 10.4. The minimum Gasteiger partial charge on any atom is -0.502 e. The summed E-state index contributed by atoms with van der Waals surface area (Å²) in [6, 6.07) is 0.850. The summed E-state index contributed by atoms with van der Waals surface area (Å²) in [4.78, 5) is 0. The SMILES string of the molecule is C=COCCCC[Si](OCC)(OCC)OCC. The number of hydrogen-bond acceptors (Lipinski definition) is 4. The van der Waals surface area contributed by atoms with E-state index in [4.69, 9.17) is 18.0 Å². The van der Waals surface area contributed by atoms with Crippen molar-refractivity contribution in [3.8, 4) is 0 Å². The standard InChI is InChI=1S/C12H26O4Si/c1-5-13-11-9-10-12-17(14-6-2,15-7-3)16-8-4/h5H,1,6-12H2,2-4H3. The molecule has 0 atom stereocenters. The molecule has 0 unspecified atom stereocenters. The maximum absolute atomic E-state index is 5.75. The average Bonchev–Trinajstić information content (AvgIpc) is 2.30. The Balaban J connectivity index is 4.08. The minimum absolute atomic E-state index is 0.634. The predicted molar refractivity (Wildman–Crippen MR) is 70.8 cm³/mol. The summed E-state index contributed by atoms with van der Waals surface area (Å²) in [5, 5.41) is 0. The lowest BCUT2D eigenvalue weighted by Crippen LogP contribution is -2.45. The minimum atomic E-state index is -2.44. The quantitative estimate of drug-likeness (QED) is 0.308. The second-order valence-corrected chi connectivity index (χ2v) is 6.21. The van der Waals surface area contributed by atoms with Crippen molar-refractivity contribution in [2.24, 2.45) is 0 Å². The molecule has 0 aliphatic heterocycles. The van der Waals surface area contributed by atoms with Crippen molar-refractivity contribution in [1.29, 1.82) is 0 Å². The molecule has 0 aromatic heterocycles. The van der Waals surface area contributed by atoms with Crippen molar-refractivity contribution in [1.82, 2.24) is 0 Å². The van der Waals surface area contributed by atoms with E-state index >= 15 is 0 Å². The Morgan fingerprint density at radius 1 is 0.941 bits per heavy atom. The Labute approximate surface area is 106 Å². The Kier molecular flexibility index (Phi) is 10.5. The van der Waals surface area contributed by atoms with E-state index in [2.05, 4.69) is 6.58 Å². The van der Waals surface area contributed by atoms with Gasteiger partial charge in [-0.25, -0.2) is 0 Å². The van der Waals surface area contributed by atoms with Crippen LogP contribution in [-0.4, -0.2) is 35.2 Å². The number of ether oxygens (including phenoxy) is 1. The molecule has 0 spiro atoms. The first kappa shape index (κ1) is 16.6. The maximum atomic E-state index is 5.75. The molecule has 5 heteroatoms. The fraction of sp³-hybridized carbons (Fsp3) is 0.833. The van der Waals surface area contributed by atoms with Crippen LogP contribution in [0.25, 0.3) is 0 Å². The van der Waals surface area contributed by atoms with Crippen LogP contribution in [-0.2, 0) is 18.0 Å². The molecule has 0 fully saturated rings. The molecular formula is C12H26O4Si. The van der Waals surface area contributed by atoms with Crippen LogP contribution in [0.1, 0.15) is 33.6 Å². The summed E-state index contributed by atoms with van der Waals surface area (Å²) in [6.45, 7) is 12.0. The lowest BCUT2D eigenvalue weighted by Gasteiger charge is -2.28. The molecule has 0 radical (unpaired) electrons. The van der Waals surface area contributed by atoms with Crippen molar-refractivity contribution in [3.63, 3.8) is 0 Å². The molecule has 0 saturated heterocycles. The second kappa shape index (κ2) is 10.8. The van der Waals surface area contributed by atoms with Crippen molar-refractivity contribution < 1.29 is 18.0 Å². The Hall–Kier alpha value is -0.363. The van der Waals surface area contributed by atoms with Crippen LogP contribution in [0.4, 0.5) is 0 Å². The molecule has 0 aromatic rings. The number of hydrogen-bond donors (Lipinski definition) is 0. The third-order valence-corrected chi connectivity index (χ3v) is 5.36. The summed E-state index contributed by atoms with van der Waals surface area (Å²) < 4.78 is 22.3. The van der Waals surface area contributed by atoms with Crippen LogP contribution >= 0.6 is 0 Å². The van der Waals surface area contributed by atoms with Gasteiger partial charge in [-0.3, -0.25) is 0 Å². The first-order valence-corrected chi connectivity index (χ1v) is 8.32. The van der Waals surface area contributed by atoms with Crippen LogP contribution in [0, 0.1) is 0 Å². The molecule has 0 aromatic carbocycles. The van der Waals surface area contributed by atoms with Gasteiger partial charge in [0.2, 0.25) is 0 Å². The van der Waals surface area contributed by atoms with Crippen molar-refractivity contribution in [2.45, 2.75) is 39.7 Å². The fourth-order valence-corrected chi connectivity index (χ4v) is 4.30. The van der Waals surface area contributed by atoms with Gasteiger partial charge < -0.3 is 18.0 Å². The van der Waals surface area contributed by atoms with E-state index in [-0.39, 0.29) is 0 Å². The van der Waals surface area contributed by atoms with E-state index in [1.807, 2.05) is 20.8 Å². The van der Waals surface area contributed by atoms with Gasteiger partial charge in [-0.15, -0.1) is 0 Å². The molecule has 0 aliphatic carbocycles. The van der Waals surface area contributed by atoms with E-state index in [1.165, 1.54) is 6.26 Å². The van der Waals surface area contributed by atoms with Crippen LogP contribution in [0.15, 0.2) is 12.8 Å². The van der Waals surface area contributed by atoms with Crippen LogP contribution in [0.3, 0.4) is 0 Å². The Morgan fingerprint density at radius 2 is 1.47 bits per heavy atom. The van der Waals surface area contributed by atoms with Gasteiger partial charge >= 0.3 is 8.80 Å². The maximum Gasteiger partial charge on any atom is 0.500 e. The molecule has 0 bridgehead atoms. The highest BCUT2D eigenvalue weighted by atomic mass is 28.4. The second-order valence-electron chi connectivity index (χ2n) is 3.48. The van der Waals surface area contributed by atoms with Gasteiger partial charge in [-0.1, -0.05) is 6.58 Å². The molecule has 17 heavy (non-hydrogen) atoms. The van der Waals surface area contributed by atoms with Gasteiger partial charge in [0.1, 0.15) is 0 Å². The molecule has 0 amide bonds. The third kappa shape index (κ3) is 7.54. The van der Waals surface area contributed by atoms with Gasteiger partial charge in [-0.05, 0) is 33.6 Å². The molecule has 0 rings (SSSR count). The Morgan fingerprint density at radius 3 is 1.88 bits per heavy atom. The zero-order valence-corrected chi connectivity index (χ0v) is 12.4. The number of unbranched alkanes of at least 4 members (excludes halogenated alkanes) is 1. The van der Waals surface area contributed by atoms with Gasteiger partial charge in [-0.2, -0.15) is 0 Å². The highest BCUT2D eigenvalue weighted by molar-refractivity contribution is 6.60. The largest absolute Gasteiger partial charge is 0.502 e. The zero-order valence-electron chi connectivity index (χ0n) is 11.4. The van der Waals surface area contributed by atoms with Crippen LogP contribution in [0.2, 0.25) is 6.04 Å². The fourth-order valence-electron chi connectivity index (χ4n) is 1.61.